The molecule has 1 aromatic rings. The molecule has 0 radical (unpaired) electrons. The smallest absolute Gasteiger partial charge is 0.334 e. The van der Waals surface area contributed by atoms with Crippen LogP contribution in [0.15, 0.2) is 6.20 Å². The second-order valence-electron chi connectivity index (χ2n) is 1.72. The first kappa shape index (κ1) is 10.2. The van der Waals surface area contributed by atoms with Crippen LogP contribution in [0, 0.1) is 0 Å². The van der Waals surface area contributed by atoms with Gasteiger partial charge in [-0.3, -0.25) is 0 Å². The SMILES string of the molecule is [Cl-].[NH3+]Cc1cn(C(F)F)nn1. The third-order valence-corrected chi connectivity index (χ3v) is 1.01. The van der Waals surface area contributed by atoms with E-state index in [1.807, 2.05) is 0 Å². The van der Waals surface area contributed by atoms with Crippen LogP contribution in [0.4, 0.5) is 8.78 Å². The fourth-order valence-corrected chi connectivity index (χ4v) is 0.523. The van der Waals surface area contributed by atoms with Gasteiger partial charge in [0.15, 0.2) is 0 Å². The Balaban J connectivity index is 0.000001000. The normalized spacial score (nSPS) is 9.82. The van der Waals surface area contributed by atoms with E-state index in [1.165, 1.54) is 6.20 Å². The van der Waals surface area contributed by atoms with E-state index in [0.717, 1.165) is 0 Å². The number of alkyl halides is 2. The summed E-state index contributed by atoms with van der Waals surface area (Å²) in [7, 11) is 0. The molecule has 0 unspecified atom stereocenters. The molecule has 0 aliphatic heterocycles. The molecule has 11 heavy (non-hydrogen) atoms. The van der Waals surface area contributed by atoms with Crippen molar-refractivity contribution in [2.45, 2.75) is 13.1 Å². The Kier molecular flexibility index (Phi) is 3.91. The van der Waals surface area contributed by atoms with Crippen molar-refractivity contribution in [3.05, 3.63) is 11.9 Å². The number of quaternary nitrogens is 1. The topological polar surface area (TPSA) is 58.4 Å². The van der Waals surface area contributed by atoms with Crippen LogP contribution in [0.3, 0.4) is 0 Å². The standard InChI is InChI=1S/C4H6F2N4.ClH/c5-4(6)10-2-3(1-7)8-9-10;/h2,4H,1,7H2;1H. The predicted molar refractivity (Wildman–Crippen MR) is 27.9 cm³/mol. The quantitative estimate of drug-likeness (QED) is 0.517. The summed E-state index contributed by atoms with van der Waals surface area (Å²) in [6, 6.07) is 0. The summed E-state index contributed by atoms with van der Waals surface area (Å²) in [4.78, 5) is 0. The zero-order valence-corrected chi connectivity index (χ0v) is 6.30. The van der Waals surface area contributed by atoms with Crippen molar-refractivity contribution >= 4 is 0 Å². The molecule has 3 N–H and O–H groups in total. The zero-order valence-electron chi connectivity index (χ0n) is 5.54. The number of halogens is 3. The van der Waals surface area contributed by atoms with Gasteiger partial charge < -0.3 is 18.1 Å². The molecular weight excluding hydrogens is 178 g/mol. The van der Waals surface area contributed by atoms with Gasteiger partial charge in [0.25, 0.3) is 0 Å². The van der Waals surface area contributed by atoms with Gasteiger partial charge in [-0.1, -0.05) is 5.21 Å². The van der Waals surface area contributed by atoms with E-state index >= 15 is 0 Å². The summed E-state index contributed by atoms with van der Waals surface area (Å²) in [5, 5.41) is 6.59. The summed E-state index contributed by atoms with van der Waals surface area (Å²) >= 11 is 0. The van der Waals surface area contributed by atoms with Crippen molar-refractivity contribution in [3.63, 3.8) is 0 Å². The Morgan fingerprint density at radius 3 is 2.55 bits per heavy atom. The zero-order chi connectivity index (χ0) is 7.56. The molecule has 0 spiro atoms. The number of aromatic nitrogens is 3. The molecule has 1 aromatic heterocycles. The number of rotatable bonds is 2. The van der Waals surface area contributed by atoms with Gasteiger partial charge in [-0.05, 0) is 0 Å². The average molecular weight is 185 g/mol. The van der Waals surface area contributed by atoms with Crippen LogP contribution in [-0.2, 0) is 6.54 Å². The van der Waals surface area contributed by atoms with Gasteiger partial charge in [-0.25, -0.2) is 0 Å². The van der Waals surface area contributed by atoms with Crippen molar-refractivity contribution in [1.82, 2.24) is 15.0 Å². The highest BCUT2D eigenvalue weighted by molar-refractivity contribution is 4.88. The minimum atomic E-state index is -2.60. The minimum Gasteiger partial charge on any atom is -1.00 e. The Bertz CT molecular complexity index is 214. The fourth-order valence-electron chi connectivity index (χ4n) is 0.523. The Labute approximate surface area is 67.8 Å². The van der Waals surface area contributed by atoms with Gasteiger partial charge in [-0.2, -0.15) is 13.5 Å². The molecule has 0 aliphatic rings. The van der Waals surface area contributed by atoms with Crippen LogP contribution in [-0.4, -0.2) is 15.0 Å². The minimum absolute atomic E-state index is 0. The van der Waals surface area contributed by atoms with Crippen LogP contribution >= 0.6 is 0 Å². The summed E-state index contributed by atoms with van der Waals surface area (Å²) < 4.78 is 24.0. The average Bonchev–Trinajstić information content (AvgIpc) is 2.34. The van der Waals surface area contributed by atoms with Crippen molar-refractivity contribution in [3.8, 4) is 0 Å². The number of hydrogen-bond acceptors (Lipinski definition) is 2. The van der Waals surface area contributed by atoms with E-state index in [0.29, 0.717) is 16.9 Å². The third-order valence-electron chi connectivity index (χ3n) is 1.01. The lowest BCUT2D eigenvalue weighted by molar-refractivity contribution is -0.387. The second kappa shape index (κ2) is 4.20. The molecule has 0 saturated carbocycles. The molecular formula is C4H7ClF2N4. The Hall–Kier alpha value is -0.750. The van der Waals surface area contributed by atoms with E-state index in [9.17, 15) is 8.78 Å². The van der Waals surface area contributed by atoms with Gasteiger partial charge in [0, 0.05) is 0 Å². The maximum Gasteiger partial charge on any atom is 0.334 e. The summed E-state index contributed by atoms with van der Waals surface area (Å²) in [6.45, 7) is -2.22. The Morgan fingerprint density at radius 1 is 1.64 bits per heavy atom. The Morgan fingerprint density at radius 2 is 2.27 bits per heavy atom. The monoisotopic (exact) mass is 184 g/mol. The van der Waals surface area contributed by atoms with Crippen molar-refractivity contribution in [2.24, 2.45) is 0 Å². The lowest BCUT2D eigenvalue weighted by Crippen LogP contribution is -3.00. The maximum atomic E-state index is 11.8. The molecule has 0 amide bonds. The van der Waals surface area contributed by atoms with Gasteiger partial charge in [-0.15, -0.1) is 5.10 Å². The molecule has 4 nitrogen and oxygen atoms in total. The van der Waals surface area contributed by atoms with Crippen molar-refractivity contribution in [2.75, 3.05) is 0 Å². The fraction of sp³-hybridized carbons (Fsp3) is 0.500. The first-order valence-corrected chi connectivity index (χ1v) is 2.72. The van der Waals surface area contributed by atoms with Gasteiger partial charge in [0.1, 0.15) is 12.2 Å². The van der Waals surface area contributed by atoms with Crippen LogP contribution in [0.25, 0.3) is 0 Å². The van der Waals surface area contributed by atoms with E-state index in [2.05, 4.69) is 16.0 Å². The largest absolute Gasteiger partial charge is 1.00 e. The lowest BCUT2D eigenvalue weighted by Gasteiger charge is -1.92. The predicted octanol–water partition coefficient (Wildman–Crippen LogP) is -3.58. The first-order valence-electron chi connectivity index (χ1n) is 2.72. The molecule has 0 fully saturated rings. The second-order valence-corrected chi connectivity index (χ2v) is 1.72. The highest BCUT2D eigenvalue weighted by Gasteiger charge is 2.07. The molecule has 0 aromatic carbocycles. The molecule has 64 valence electrons. The van der Waals surface area contributed by atoms with Gasteiger partial charge >= 0.3 is 6.55 Å². The van der Waals surface area contributed by atoms with E-state index in [4.69, 9.17) is 0 Å². The molecule has 0 atom stereocenters. The van der Waals surface area contributed by atoms with Gasteiger partial charge in [0.05, 0.1) is 6.20 Å². The van der Waals surface area contributed by atoms with Crippen LogP contribution in [0.1, 0.15) is 12.2 Å². The van der Waals surface area contributed by atoms with Crippen molar-refractivity contribution in [1.29, 1.82) is 0 Å². The summed E-state index contributed by atoms with van der Waals surface area (Å²) in [5.74, 6) is 0. The van der Waals surface area contributed by atoms with Gasteiger partial charge in [0.2, 0.25) is 0 Å². The van der Waals surface area contributed by atoms with E-state index in [1.54, 1.807) is 0 Å². The van der Waals surface area contributed by atoms with E-state index < -0.39 is 6.55 Å². The number of hydrogen-bond donors (Lipinski definition) is 1. The summed E-state index contributed by atoms with van der Waals surface area (Å²) in [6.07, 6.45) is 1.18. The van der Waals surface area contributed by atoms with Crippen LogP contribution in [0.2, 0.25) is 0 Å². The van der Waals surface area contributed by atoms with Crippen LogP contribution in [0.5, 0.6) is 0 Å². The molecule has 1 rings (SSSR count). The number of nitrogens with zero attached hydrogens (tertiary/aromatic N) is 3. The lowest BCUT2D eigenvalue weighted by atomic mass is 10.5. The molecule has 0 aliphatic carbocycles. The molecule has 7 heteroatoms. The van der Waals surface area contributed by atoms with Crippen LogP contribution < -0.4 is 18.1 Å². The maximum absolute atomic E-state index is 11.8. The molecule has 0 saturated heterocycles. The summed E-state index contributed by atoms with van der Waals surface area (Å²) in [5.41, 5.74) is 3.94. The third kappa shape index (κ3) is 2.39. The first-order chi connectivity index (χ1) is 4.74. The highest BCUT2D eigenvalue weighted by atomic mass is 35.5. The molecule has 0 bridgehead atoms. The molecule has 1 heterocycles. The highest BCUT2D eigenvalue weighted by Crippen LogP contribution is 2.06. The van der Waals surface area contributed by atoms with E-state index in [-0.39, 0.29) is 12.4 Å². The van der Waals surface area contributed by atoms with Crippen molar-refractivity contribution < 1.29 is 26.9 Å².